The van der Waals surface area contributed by atoms with Crippen LogP contribution in [0.4, 0.5) is 4.79 Å². The standard InChI is InChI=1S/C15H25N3O3.C14H24N2O3.C14H25NO3.C13H23N3O3.C13H24N2O3/c1-7-12-8-17(16-14(20)10(4)5)15(21)18(12)11(6)13(19)9(2)3;1-8(2)12(17)10(5)16-7-6-11(14(16)19)15-13(18)9(3)4;1-8(2)13(17)10(5)7-12(16)11(6)15-14(18)9(3)4;1-8(2)11(17)10(5)15-6-7-16(13(15)19)14-12(18)9(3)4;1-8(2)12(17)10(5)7-11(16)15(6)14-13(18)9(3)4/h8-11H,7H2,1-6H3,(H,16,20);8-11H,6-7H2,1-5H3,(H,15,18);8-11H,7H2,1-6H3,(H,15,18);8-10H,6-7H2,1-5H3,(H,14,18);8-10H,7H2,1-6H3,(H,14,18)/t11-;10-,11?;10-,11+;2*10-/m00101/s1. The van der Waals surface area contributed by atoms with Gasteiger partial charge in [0.2, 0.25) is 41.4 Å². The Morgan fingerprint density at radius 3 is 1.27 bits per heavy atom. The predicted octanol–water partition coefficient (Wildman–Crippen LogP) is 7.07. The van der Waals surface area contributed by atoms with Gasteiger partial charge in [-0.15, -0.1) is 0 Å². The number of amides is 9. The van der Waals surface area contributed by atoms with Crippen LogP contribution >= 0.6 is 0 Å². The molecule has 0 bridgehead atoms. The number of hydrogen-bond donors (Lipinski definition) is 5. The van der Waals surface area contributed by atoms with Gasteiger partial charge in [0, 0.05) is 110 Å². The van der Waals surface area contributed by atoms with E-state index in [0.29, 0.717) is 32.5 Å². The molecule has 0 spiro atoms. The van der Waals surface area contributed by atoms with Crippen LogP contribution in [0.2, 0.25) is 0 Å². The zero-order valence-corrected chi connectivity index (χ0v) is 62.6. The number of nitrogens with one attached hydrogen (secondary N) is 5. The van der Waals surface area contributed by atoms with Crippen molar-refractivity contribution in [1.82, 2.24) is 50.5 Å². The molecule has 2 saturated heterocycles. The lowest BCUT2D eigenvalue weighted by Gasteiger charge is -2.25. The van der Waals surface area contributed by atoms with Crippen LogP contribution in [-0.4, -0.2) is 162 Å². The topological polar surface area (TPSA) is 339 Å². The van der Waals surface area contributed by atoms with Gasteiger partial charge in [-0.1, -0.05) is 159 Å². The number of urea groups is 1. The molecule has 1 aromatic rings. The summed E-state index contributed by atoms with van der Waals surface area (Å²) < 4.78 is 2.63. The van der Waals surface area contributed by atoms with Gasteiger partial charge in [0.1, 0.15) is 17.6 Å². The summed E-state index contributed by atoms with van der Waals surface area (Å²) in [4.78, 5) is 181. The molecule has 2 fully saturated rings. The van der Waals surface area contributed by atoms with E-state index >= 15 is 0 Å². The normalized spacial score (nSPS) is 15.6. The molecule has 1 unspecified atom stereocenters. The molecule has 0 aromatic carbocycles. The number of ketones is 6. The lowest BCUT2D eigenvalue weighted by molar-refractivity contribution is -0.143. The van der Waals surface area contributed by atoms with Crippen LogP contribution in [0.5, 0.6) is 0 Å². The van der Waals surface area contributed by atoms with Crippen molar-refractivity contribution in [2.45, 2.75) is 243 Å². The number of nitrogens with zero attached hydrogens (tertiary/aromatic N) is 6. The average Bonchev–Trinajstić information content (AvgIpc) is 1.68. The van der Waals surface area contributed by atoms with E-state index in [-0.39, 0.29) is 172 Å². The third-order valence-electron chi connectivity index (χ3n) is 15.9. The van der Waals surface area contributed by atoms with E-state index in [1.807, 2.05) is 76.2 Å². The third-order valence-corrected chi connectivity index (χ3v) is 15.9. The smallest absolute Gasteiger partial charge is 0.346 e. The summed E-state index contributed by atoms with van der Waals surface area (Å²) in [6.45, 7) is 49.5. The highest BCUT2D eigenvalue weighted by Crippen LogP contribution is 2.20. The molecule has 9 amide bonds. The number of imidazole rings is 1. The number of likely N-dealkylation sites (tertiary alicyclic amines) is 1. The first-order valence-corrected chi connectivity index (χ1v) is 33.8. The first-order chi connectivity index (χ1) is 43.5. The molecule has 542 valence electrons. The number of carbonyl (C=O) groups is 14. The van der Waals surface area contributed by atoms with Crippen molar-refractivity contribution in [3.8, 4) is 0 Å². The molecule has 2 aliphatic heterocycles. The highest BCUT2D eigenvalue weighted by atomic mass is 16.2. The summed E-state index contributed by atoms with van der Waals surface area (Å²) in [5.74, 6) is -3.13. The van der Waals surface area contributed by atoms with Gasteiger partial charge < -0.3 is 20.4 Å². The number of hydrazine groups is 2. The van der Waals surface area contributed by atoms with E-state index in [1.54, 1.807) is 122 Å². The van der Waals surface area contributed by atoms with Crippen LogP contribution in [0, 0.1) is 71.0 Å². The Bertz CT molecular complexity index is 2710. The minimum Gasteiger partial charge on any atom is -0.346 e. The second-order valence-electron chi connectivity index (χ2n) is 27.9. The first kappa shape index (κ1) is 89.6. The van der Waals surface area contributed by atoms with Gasteiger partial charge in [-0.2, -0.15) is 0 Å². The molecule has 95 heavy (non-hydrogen) atoms. The maximum atomic E-state index is 12.4. The van der Waals surface area contributed by atoms with Gasteiger partial charge in [0.05, 0.1) is 36.9 Å². The lowest BCUT2D eigenvalue weighted by atomic mass is 9.91. The van der Waals surface area contributed by atoms with Crippen molar-refractivity contribution in [1.29, 1.82) is 0 Å². The molecule has 1 aromatic heterocycles. The van der Waals surface area contributed by atoms with Crippen molar-refractivity contribution in [3.05, 3.63) is 22.4 Å². The zero-order chi connectivity index (χ0) is 74.7. The number of Topliss-reactive ketones (excluding diaryl/α,β-unsaturated/α-hetero) is 6. The number of aromatic nitrogens is 2. The van der Waals surface area contributed by atoms with E-state index in [4.69, 9.17) is 0 Å². The number of hydrogen-bond acceptors (Lipinski definition) is 15. The van der Waals surface area contributed by atoms with E-state index in [2.05, 4.69) is 26.9 Å². The highest BCUT2D eigenvalue weighted by Gasteiger charge is 2.39. The van der Waals surface area contributed by atoms with E-state index in [0.717, 1.165) is 10.7 Å². The van der Waals surface area contributed by atoms with Gasteiger partial charge >= 0.3 is 11.7 Å². The fraction of sp³-hybridized carbons (Fsp3) is 0.754. The summed E-state index contributed by atoms with van der Waals surface area (Å²) in [5, 5.41) is 7.84. The average molecular weight is 1340 g/mol. The maximum Gasteiger partial charge on any atom is 0.347 e. The Balaban J connectivity index is 0. The second-order valence-corrected chi connectivity index (χ2v) is 27.9. The molecule has 2 aliphatic rings. The largest absolute Gasteiger partial charge is 0.347 e. The van der Waals surface area contributed by atoms with Gasteiger partial charge in [0.25, 0.3) is 0 Å². The maximum absolute atomic E-state index is 12.4. The Kier molecular flexibility index (Phi) is 39.8. The van der Waals surface area contributed by atoms with Crippen molar-refractivity contribution < 1.29 is 67.1 Å². The summed E-state index contributed by atoms with van der Waals surface area (Å²) in [6.07, 6.45) is 3.08. The second kappa shape index (κ2) is 42.2. The molecule has 7 atom stereocenters. The predicted molar refractivity (Wildman–Crippen MR) is 366 cm³/mol. The molecule has 3 heterocycles. The molecule has 3 rings (SSSR count). The summed E-state index contributed by atoms with van der Waals surface area (Å²) in [5.41, 5.74) is 7.96. The first-order valence-electron chi connectivity index (χ1n) is 33.8. The van der Waals surface area contributed by atoms with Gasteiger partial charge in [-0.25, -0.2) is 19.3 Å². The summed E-state index contributed by atoms with van der Waals surface area (Å²) in [7, 11) is 1.50. The number of carbonyl (C=O) groups excluding carboxylic acids is 14. The SMILES string of the molecule is CC(C)C(=O)NC1CCN([C@@H](C)C(=O)C(C)C)C1=O.CC(C)C(=O)NN(C)C(=O)C[C@@H](C)C(=O)C(C)C.CC(C)C(=O)NN1CCN([C@@H](C)C(=O)C(C)C)C1=O.CC(C)C(=O)N[C@@H](C)C(=O)C[C@@H](C)C(=O)C(C)C.CCc1cn(NC(=O)C(C)C)c(=O)n1[C@@H](C)C(=O)C(C)C. The fourth-order valence-electron chi connectivity index (χ4n) is 9.26. The number of rotatable bonds is 28. The van der Waals surface area contributed by atoms with Crippen molar-refractivity contribution in [2.24, 2.45) is 71.0 Å². The van der Waals surface area contributed by atoms with Crippen LogP contribution in [0.15, 0.2) is 11.0 Å². The van der Waals surface area contributed by atoms with E-state index < -0.39 is 30.2 Å². The summed E-state index contributed by atoms with van der Waals surface area (Å²) >= 11 is 0. The minimum absolute atomic E-state index is 0.000244. The minimum atomic E-state index is -0.537. The van der Waals surface area contributed by atoms with Crippen LogP contribution in [0.3, 0.4) is 0 Å². The Hall–Kier alpha value is -7.41. The summed E-state index contributed by atoms with van der Waals surface area (Å²) in [6, 6.07) is -2.71. The molecule has 26 heteroatoms. The number of aryl methyl sites for hydroxylation is 1. The molecular weight excluding hydrogens is 1220 g/mol. The van der Waals surface area contributed by atoms with E-state index in [9.17, 15) is 71.9 Å². The van der Waals surface area contributed by atoms with Crippen molar-refractivity contribution in [3.63, 3.8) is 0 Å². The van der Waals surface area contributed by atoms with Gasteiger partial charge in [0.15, 0.2) is 23.1 Å². The third kappa shape index (κ3) is 29.6. The monoisotopic (exact) mass is 1340 g/mol. The Morgan fingerprint density at radius 2 is 0.863 bits per heavy atom. The van der Waals surface area contributed by atoms with Crippen LogP contribution in [-0.2, 0) is 68.7 Å². The highest BCUT2D eigenvalue weighted by molar-refractivity contribution is 5.96. The van der Waals surface area contributed by atoms with Gasteiger partial charge in [-0.05, 0) is 40.5 Å². The molecule has 0 radical (unpaired) electrons. The van der Waals surface area contributed by atoms with Crippen LogP contribution in [0.25, 0.3) is 0 Å². The molecule has 0 aliphatic carbocycles. The van der Waals surface area contributed by atoms with E-state index in [1.165, 1.54) is 26.2 Å². The molecular formula is C69H121N11O15. The Labute approximate surface area is 565 Å². The fourth-order valence-corrected chi connectivity index (χ4v) is 9.26. The zero-order valence-electron chi connectivity index (χ0n) is 62.6. The molecule has 26 nitrogen and oxygen atoms in total. The van der Waals surface area contributed by atoms with Crippen LogP contribution in [0.1, 0.15) is 218 Å². The lowest BCUT2D eigenvalue weighted by Crippen LogP contribution is -2.49. The molecule has 5 N–H and O–H groups in total. The van der Waals surface area contributed by atoms with Crippen molar-refractivity contribution >= 4 is 82.1 Å². The van der Waals surface area contributed by atoms with Gasteiger partial charge in [-0.3, -0.25) is 88.2 Å². The van der Waals surface area contributed by atoms with Crippen LogP contribution < -0.4 is 32.6 Å². The van der Waals surface area contributed by atoms with Crippen molar-refractivity contribution in [2.75, 3.05) is 32.1 Å². The molecule has 0 saturated carbocycles. The quantitative estimate of drug-likeness (QED) is 0.0524. The Morgan fingerprint density at radius 1 is 0.463 bits per heavy atom.